The van der Waals surface area contributed by atoms with Crippen molar-refractivity contribution < 1.29 is 9.90 Å². The molecule has 1 aliphatic carbocycles. The smallest absolute Gasteiger partial charge is 0.237 e. The topological polar surface area (TPSA) is 52.6 Å². The second-order valence-electron chi connectivity index (χ2n) is 8.23. The zero-order valence-corrected chi connectivity index (χ0v) is 16.4. The summed E-state index contributed by atoms with van der Waals surface area (Å²) in [6.45, 7) is 5.96. The maximum absolute atomic E-state index is 12.9. The van der Waals surface area contributed by atoms with E-state index in [1.807, 2.05) is 0 Å². The van der Waals surface area contributed by atoms with Crippen molar-refractivity contribution in [1.29, 1.82) is 0 Å². The molecule has 1 saturated carbocycles. The van der Waals surface area contributed by atoms with E-state index in [0.717, 1.165) is 51.5 Å². The first-order valence-corrected chi connectivity index (χ1v) is 10.3. The van der Waals surface area contributed by atoms with E-state index >= 15 is 0 Å². The Bertz CT molecular complexity index is 623. The van der Waals surface area contributed by atoms with Gasteiger partial charge in [0.05, 0.1) is 18.2 Å². The standard InChI is InChI=1S/C22H34N2O2/c1-3-7-20-19-9-8-17(2)14-18(19)10-13-24(20)21(25)15-23-16-22(26)11-5-4-6-12-22/h8-9,14,20,23,26H,3-7,10-13,15-16H2,1-2H3. The number of benzene rings is 1. The minimum absolute atomic E-state index is 0.161. The van der Waals surface area contributed by atoms with Gasteiger partial charge in [0.1, 0.15) is 0 Å². The largest absolute Gasteiger partial charge is 0.389 e. The first-order valence-electron chi connectivity index (χ1n) is 10.3. The van der Waals surface area contributed by atoms with Crippen LogP contribution in [0.1, 0.15) is 74.6 Å². The van der Waals surface area contributed by atoms with Crippen LogP contribution in [-0.2, 0) is 11.2 Å². The van der Waals surface area contributed by atoms with Crippen molar-refractivity contribution in [1.82, 2.24) is 10.2 Å². The highest BCUT2D eigenvalue weighted by molar-refractivity contribution is 5.79. The van der Waals surface area contributed by atoms with Crippen molar-refractivity contribution in [3.8, 4) is 0 Å². The minimum Gasteiger partial charge on any atom is -0.389 e. The summed E-state index contributed by atoms with van der Waals surface area (Å²) in [7, 11) is 0. The summed E-state index contributed by atoms with van der Waals surface area (Å²) in [6, 6.07) is 6.84. The first kappa shape index (κ1) is 19.4. The second kappa shape index (κ2) is 8.53. The monoisotopic (exact) mass is 358 g/mol. The normalized spacial score (nSPS) is 22.1. The van der Waals surface area contributed by atoms with E-state index < -0.39 is 5.60 Å². The van der Waals surface area contributed by atoms with Crippen LogP contribution in [0, 0.1) is 6.92 Å². The summed E-state index contributed by atoms with van der Waals surface area (Å²) in [5, 5.41) is 13.8. The molecule has 0 aromatic heterocycles. The maximum atomic E-state index is 12.9. The lowest BCUT2D eigenvalue weighted by atomic mass is 9.85. The predicted molar refractivity (Wildman–Crippen MR) is 105 cm³/mol. The molecule has 26 heavy (non-hydrogen) atoms. The molecule has 1 unspecified atom stereocenters. The Morgan fingerprint density at radius 1 is 1.31 bits per heavy atom. The predicted octanol–water partition coefficient (Wildman–Crippen LogP) is 3.51. The van der Waals surface area contributed by atoms with Gasteiger partial charge in [0.15, 0.2) is 0 Å². The molecule has 1 amide bonds. The number of carbonyl (C=O) groups excluding carboxylic acids is 1. The fourth-order valence-electron chi connectivity index (χ4n) is 4.61. The Balaban J connectivity index is 1.61. The lowest BCUT2D eigenvalue weighted by molar-refractivity contribution is -0.133. The molecule has 1 aliphatic heterocycles. The molecule has 1 heterocycles. The van der Waals surface area contributed by atoms with Crippen LogP contribution in [0.4, 0.5) is 0 Å². The van der Waals surface area contributed by atoms with E-state index in [2.05, 4.69) is 42.3 Å². The van der Waals surface area contributed by atoms with Crippen LogP contribution >= 0.6 is 0 Å². The van der Waals surface area contributed by atoms with Gasteiger partial charge in [-0.15, -0.1) is 0 Å². The third kappa shape index (κ3) is 4.47. The van der Waals surface area contributed by atoms with Crippen LogP contribution in [0.5, 0.6) is 0 Å². The molecule has 4 heteroatoms. The van der Waals surface area contributed by atoms with Crippen molar-refractivity contribution >= 4 is 5.91 Å². The summed E-state index contributed by atoms with van der Waals surface area (Å²) >= 11 is 0. The van der Waals surface area contributed by atoms with Crippen LogP contribution in [0.15, 0.2) is 18.2 Å². The third-order valence-corrected chi connectivity index (χ3v) is 6.05. The number of aryl methyl sites for hydroxylation is 1. The molecule has 1 fully saturated rings. The Kier molecular flexibility index (Phi) is 6.36. The number of carbonyl (C=O) groups is 1. The Morgan fingerprint density at radius 2 is 2.08 bits per heavy atom. The number of hydrogen-bond donors (Lipinski definition) is 2. The summed E-state index contributed by atoms with van der Waals surface area (Å²) < 4.78 is 0. The maximum Gasteiger partial charge on any atom is 0.237 e. The number of hydrogen-bond acceptors (Lipinski definition) is 3. The van der Waals surface area contributed by atoms with Crippen molar-refractivity contribution in [3.63, 3.8) is 0 Å². The molecule has 0 radical (unpaired) electrons. The van der Waals surface area contributed by atoms with Gasteiger partial charge in [-0.25, -0.2) is 0 Å². The van der Waals surface area contributed by atoms with E-state index in [-0.39, 0.29) is 11.9 Å². The highest BCUT2D eigenvalue weighted by Crippen LogP contribution is 2.33. The number of nitrogens with zero attached hydrogens (tertiary/aromatic N) is 1. The van der Waals surface area contributed by atoms with Crippen LogP contribution in [0.25, 0.3) is 0 Å². The van der Waals surface area contributed by atoms with Crippen LogP contribution in [0.3, 0.4) is 0 Å². The second-order valence-corrected chi connectivity index (χ2v) is 8.23. The quantitative estimate of drug-likeness (QED) is 0.818. The molecule has 1 aromatic rings. The van der Waals surface area contributed by atoms with E-state index in [9.17, 15) is 9.90 Å². The number of fused-ring (bicyclic) bond motifs is 1. The van der Waals surface area contributed by atoms with Gasteiger partial charge in [-0.3, -0.25) is 4.79 Å². The van der Waals surface area contributed by atoms with Crippen molar-refractivity contribution in [3.05, 3.63) is 34.9 Å². The van der Waals surface area contributed by atoms with Gasteiger partial charge in [0.2, 0.25) is 5.91 Å². The summed E-state index contributed by atoms with van der Waals surface area (Å²) in [6.07, 6.45) is 8.10. The van der Waals surface area contributed by atoms with Crippen LogP contribution in [-0.4, -0.2) is 41.1 Å². The molecule has 2 N–H and O–H groups in total. The average Bonchev–Trinajstić information content (AvgIpc) is 2.62. The highest BCUT2D eigenvalue weighted by atomic mass is 16.3. The summed E-state index contributed by atoms with van der Waals surface area (Å²) in [5.74, 6) is 0.161. The van der Waals surface area contributed by atoms with Crippen LogP contribution in [0.2, 0.25) is 0 Å². The van der Waals surface area contributed by atoms with E-state index in [1.54, 1.807) is 0 Å². The van der Waals surface area contributed by atoms with Gasteiger partial charge in [-0.1, -0.05) is 56.4 Å². The molecular formula is C22H34N2O2. The highest BCUT2D eigenvalue weighted by Gasteiger charge is 2.31. The summed E-state index contributed by atoms with van der Waals surface area (Å²) in [5.41, 5.74) is 3.40. The fourth-order valence-corrected chi connectivity index (χ4v) is 4.61. The molecule has 0 saturated heterocycles. The van der Waals surface area contributed by atoms with Gasteiger partial charge >= 0.3 is 0 Å². The Hall–Kier alpha value is -1.39. The molecule has 0 bridgehead atoms. The SMILES string of the molecule is CCCC1c2ccc(C)cc2CCN1C(=O)CNCC1(O)CCCCC1. The van der Waals surface area contributed by atoms with Crippen molar-refractivity contribution in [2.24, 2.45) is 0 Å². The number of amides is 1. The molecule has 1 atom stereocenters. The van der Waals surface area contributed by atoms with Gasteiger partial charge in [0.25, 0.3) is 0 Å². The first-order chi connectivity index (χ1) is 12.5. The van der Waals surface area contributed by atoms with E-state index in [1.165, 1.54) is 23.1 Å². The fraction of sp³-hybridized carbons (Fsp3) is 0.682. The zero-order chi connectivity index (χ0) is 18.6. The molecule has 1 aromatic carbocycles. The molecular weight excluding hydrogens is 324 g/mol. The van der Waals surface area contributed by atoms with Gasteiger partial charge < -0.3 is 15.3 Å². The van der Waals surface area contributed by atoms with Crippen molar-refractivity contribution in [2.45, 2.75) is 76.9 Å². The Labute approximate surface area is 158 Å². The average molecular weight is 359 g/mol. The lowest BCUT2D eigenvalue weighted by Crippen LogP contribution is -2.48. The van der Waals surface area contributed by atoms with Gasteiger partial charge in [-0.2, -0.15) is 0 Å². The van der Waals surface area contributed by atoms with E-state index in [4.69, 9.17) is 0 Å². The van der Waals surface area contributed by atoms with E-state index in [0.29, 0.717) is 13.1 Å². The number of aliphatic hydroxyl groups is 1. The lowest BCUT2D eigenvalue weighted by Gasteiger charge is -2.38. The molecule has 3 rings (SSSR count). The zero-order valence-electron chi connectivity index (χ0n) is 16.4. The van der Waals surface area contributed by atoms with Gasteiger partial charge in [0, 0.05) is 13.1 Å². The Morgan fingerprint density at radius 3 is 2.81 bits per heavy atom. The van der Waals surface area contributed by atoms with Crippen molar-refractivity contribution in [2.75, 3.05) is 19.6 Å². The van der Waals surface area contributed by atoms with Gasteiger partial charge in [-0.05, 0) is 43.7 Å². The molecule has 2 aliphatic rings. The minimum atomic E-state index is -0.618. The summed E-state index contributed by atoms with van der Waals surface area (Å²) in [4.78, 5) is 14.9. The molecule has 144 valence electrons. The number of rotatable bonds is 6. The van der Waals surface area contributed by atoms with Crippen LogP contribution < -0.4 is 5.32 Å². The molecule has 4 nitrogen and oxygen atoms in total. The number of nitrogens with one attached hydrogen (secondary N) is 1. The molecule has 0 spiro atoms. The third-order valence-electron chi connectivity index (χ3n) is 6.05.